The molecular weight excluding hydrogens is 246 g/mol. The van der Waals surface area contributed by atoms with Crippen molar-refractivity contribution in [1.29, 1.82) is 0 Å². The first-order valence-corrected chi connectivity index (χ1v) is 6.41. The van der Waals surface area contributed by atoms with Crippen LogP contribution in [0.2, 0.25) is 0 Å². The van der Waals surface area contributed by atoms with Gasteiger partial charge in [-0.3, -0.25) is 4.79 Å². The number of aromatic nitrogens is 2. The van der Waals surface area contributed by atoms with E-state index in [2.05, 4.69) is 9.97 Å². The van der Waals surface area contributed by atoms with Gasteiger partial charge < -0.3 is 10.0 Å². The first-order chi connectivity index (χ1) is 9.08. The number of hydrogen-bond donors (Lipinski definition) is 1. The van der Waals surface area contributed by atoms with Crippen LogP contribution in [0.4, 0.5) is 0 Å². The predicted molar refractivity (Wildman–Crippen MR) is 67.9 cm³/mol. The van der Waals surface area contributed by atoms with Crippen LogP contribution in [0, 0.1) is 6.92 Å². The maximum Gasteiger partial charge on any atom is 0.339 e. The van der Waals surface area contributed by atoms with Crippen molar-refractivity contribution in [3.05, 3.63) is 23.3 Å². The van der Waals surface area contributed by atoms with E-state index in [-0.39, 0.29) is 17.9 Å². The minimum atomic E-state index is -1.05. The van der Waals surface area contributed by atoms with E-state index in [0.717, 1.165) is 25.9 Å². The van der Waals surface area contributed by atoms with Gasteiger partial charge in [-0.15, -0.1) is 0 Å². The van der Waals surface area contributed by atoms with Gasteiger partial charge in [0.05, 0.1) is 17.7 Å². The maximum atomic E-state index is 12.0. The van der Waals surface area contributed by atoms with Crippen LogP contribution in [0.3, 0.4) is 0 Å². The Hall–Kier alpha value is -1.98. The molecule has 0 atom stereocenters. The van der Waals surface area contributed by atoms with E-state index in [1.165, 1.54) is 12.6 Å². The van der Waals surface area contributed by atoms with Crippen molar-refractivity contribution in [2.24, 2.45) is 0 Å². The Bertz CT molecular complexity index is 496. The fraction of sp³-hybridized carbons (Fsp3) is 0.538. The summed E-state index contributed by atoms with van der Waals surface area (Å²) in [4.78, 5) is 32.7. The zero-order valence-electron chi connectivity index (χ0n) is 10.9. The summed E-state index contributed by atoms with van der Waals surface area (Å²) in [6, 6.07) is 0. The van der Waals surface area contributed by atoms with Crippen molar-refractivity contribution in [3.63, 3.8) is 0 Å². The lowest BCUT2D eigenvalue weighted by molar-refractivity contribution is -0.131. The van der Waals surface area contributed by atoms with Crippen molar-refractivity contribution < 1.29 is 14.7 Å². The van der Waals surface area contributed by atoms with Gasteiger partial charge in [0.15, 0.2) is 0 Å². The van der Waals surface area contributed by atoms with E-state index in [4.69, 9.17) is 5.11 Å². The molecule has 102 valence electrons. The number of carbonyl (C=O) groups is 2. The number of likely N-dealkylation sites (tertiary alicyclic amines) is 1. The molecule has 2 rings (SSSR count). The molecule has 1 aliphatic rings. The van der Waals surface area contributed by atoms with E-state index >= 15 is 0 Å². The van der Waals surface area contributed by atoms with Crippen LogP contribution >= 0.6 is 0 Å². The molecule has 0 aliphatic carbocycles. The predicted octanol–water partition coefficient (Wildman–Crippen LogP) is 1.04. The second kappa shape index (κ2) is 5.77. The fourth-order valence-electron chi connectivity index (χ4n) is 2.20. The Labute approximate surface area is 111 Å². The molecule has 0 spiro atoms. The molecule has 19 heavy (non-hydrogen) atoms. The molecule has 2 heterocycles. The number of amides is 1. The number of nitrogens with zero attached hydrogens (tertiary/aromatic N) is 3. The van der Waals surface area contributed by atoms with E-state index in [1.54, 1.807) is 6.92 Å². The highest BCUT2D eigenvalue weighted by Gasteiger charge is 2.18. The van der Waals surface area contributed by atoms with Gasteiger partial charge in [0.1, 0.15) is 5.82 Å². The molecular formula is C13H17N3O3. The summed E-state index contributed by atoms with van der Waals surface area (Å²) in [7, 11) is 0. The second-order valence-electron chi connectivity index (χ2n) is 4.71. The number of carboxylic acid groups (broad SMARTS) is 1. The third-order valence-electron chi connectivity index (χ3n) is 3.28. The van der Waals surface area contributed by atoms with Crippen molar-refractivity contribution in [1.82, 2.24) is 14.9 Å². The highest BCUT2D eigenvalue weighted by molar-refractivity contribution is 5.88. The molecule has 1 N–H and O–H groups in total. The number of rotatable bonds is 3. The van der Waals surface area contributed by atoms with Crippen LogP contribution in [-0.2, 0) is 11.2 Å². The zero-order valence-corrected chi connectivity index (χ0v) is 10.9. The van der Waals surface area contributed by atoms with Crippen LogP contribution in [0.1, 0.15) is 41.1 Å². The fourth-order valence-corrected chi connectivity index (χ4v) is 2.20. The summed E-state index contributed by atoms with van der Waals surface area (Å²) in [5.41, 5.74) is 0.470. The van der Waals surface area contributed by atoms with Crippen molar-refractivity contribution in [2.75, 3.05) is 13.1 Å². The number of carboxylic acids is 1. The molecule has 1 aliphatic heterocycles. The monoisotopic (exact) mass is 263 g/mol. The van der Waals surface area contributed by atoms with Crippen LogP contribution in [0.15, 0.2) is 6.20 Å². The van der Waals surface area contributed by atoms with Crippen molar-refractivity contribution >= 4 is 11.9 Å². The highest BCUT2D eigenvalue weighted by Crippen LogP contribution is 2.11. The van der Waals surface area contributed by atoms with E-state index < -0.39 is 5.97 Å². The van der Waals surface area contributed by atoms with E-state index in [1.807, 2.05) is 4.90 Å². The Kier molecular flexibility index (Phi) is 4.09. The molecule has 6 heteroatoms. The molecule has 1 aromatic rings. The lowest BCUT2D eigenvalue weighted by Crippen LogP contribution is -2.37. The minimum absolute atomic E-state index is 0.0159. The molecule has 1 saturated heterocycles. The summed E-state index contributed by atoms with van der Waals surface area (Å²) in [5.74, 6) is -0.647. The van der Waals surface area contributed by atoms with E-state index in [9.17, 15) is 9.59 Å². The molecule has 1 amide bonds. The number of carbonyl (C=O) groups excluding carboxylic acids is 1. The lowest BCUT2D eigenvalue weighted by Gasteiger charge is -2.26. The maximum absolute atomic E-state index is 12.0. The third kappa shape index (κ3) is 3.27. The number of aryl methyl sites for hydroxylation is 1. The molecule has 0 saturated carbocycles. The SMILES string of the molecule is Cc1nc(CC(=O)N2CCCCC2)ncc1C(=O)O. The number of aromatic carboxylic acids is 1. The van der Waals surface area contributed by atoms with Gasteiger partial charge in [0.2, 0.25) is 5.91 Å². The molecule has 0 aromatic carbocycles. The lowest BCUT2D eigenvalue weighted by atomic mass is 10.1. The Morgan fingerprint density at radius 2 is 2.00 bits per heavy atom. The zero-order chi connectivity index (χ0) is 13.8. The molecule has 0 unspecified atom stereocenters. The van der Waals surface area contributed by atoms with Crippen LogP contribution in [-0.4, -0.2) is 44.9 Å². The average Bonchev–Trinajstić information content (AvgIpc) is 2.39. The first kappa shape index (κ1) is 13.5. The summed E-state index contributed by atoms with van der Waals surface area (Å²) in [5, 5.41) is 8.89. The van der Waals surface area contributed by atoms with Crippen LogP contribution < -0.4 is 0 Å². The average molecular weight is 263 g/mol. The summed E-state index contributed by atoms with van der Waals surface area (Å²) in [6.45, 7) is 3.20. The summed E-state index contributed by atoms with van der Waals surface area (Å²) < 4.78 is 0. The topological polar surface area (TPSA) is 83.4 Å². The Balaban J connectivity index is 2.04. The normalized spacial score (nSPS) is 15.3. The largest absolute Gasteiger partial charge is 0.478 e. The number of piperidine rings is 1. The van der Waals surface area contributed by atoms with E-state index in [0.29, 0.717) is 11.5 Å². The Morgan fingerprint density at radius 1 is 1.32 bits per heavy atom. The first-order valence-electron chi connectivity index (χ1n) is 6.41. The van der Waals surface area contributed by atoms with Crippen molar-refractivity contribution in [2.45, 2.75) is 32.6 Å². The summed E-state index contributed by atoms with van der Waals surface area (Å²) in [6.07, 6.45) is 4.67. The van der Waals surface area contributed by atoms with Crippen molar-refractivity contribution in [3.8, 4) is 0 Å². The van der Waals surface area contributed by atoms with Gasteiger partial charge in [-0.05, 0) is 26.2 Å². The highest BCUT2D eigenvalue weighted by atomic mass is 16.4. The molecule has 1 fully saturated rings. The van der Waals surface area contributed by atoms with Gasteiger partial charge in [-0.1, -0.05) is 0 Å². The third-order valence-corrected chi connectivity index (χ3v) is 3.28. The second-order valence-corrected chi connectivity index (χ2v) is 4.71. The van der Waals surface area contributed by atoms with Gasteiger partial charge in [-0.25, -0.2) is 14.8 Å². The Morgan fingerprint density at radius 3 is 2.58 bits per heavy atom. The molecule has 6 nitrogen and oxygen atoms in total. The number of hydrogen-bond acceptors (Lipinski definition) is 4. The molecule has 0 radical (unpaired) electrons. The quantitative estimate of drug-likeness (QED) is 0.880. The minimum Gasteiger partial charge on any atom is -0.478 e. The van der Waals surface area contributed by atoms with Crippen LogP contribution in [0.25, 0.3) is 0 Å². The summed E-state index contributed by atoms with van der Waals surface area (Å²) >= 11 is 0. The van der Waals surface area contributed by atoms with Gasteiger partial charge in [0.25, 0.3) is 0 Å². The van der Waals surface area contributed by atoms with Gasteiger partial charge in [-0.2, -0.15) is 0 Å². The van der Waals surface area contributed by atoms with Crippen LogP contribution in [0.5, 0.6) is 0 Å². The molecule has 0 bridgehead atoms. The van der Waals surface area contributed by atoms with Gasteiger partial charge >= 0.3 is 5.97 Å². The van der Waals surface area contributed by atoms with Gasteiger partial charge in [0, 0.05) is 19.3 Å². The molecule has 1 aromatic heterocycles. The smallest absolute Gasteiger partial charge is 0.339 e. The standard InChI is InChI=1S/C13H17N3O3/c1-9-10(13(18)19)8-14-11(15-9)7-12(17)16-5-3-2-4-6-16/h8H,2-7H2,1H3,(H,18,19).